The first kappa shape index (κ1) is 9.98. The lowest BCUT2D eigenvalue weighted by atomic mass is 10.3. The van der Waals surface area contributed by atoms with E-state index in [9.17, 15) is 0 Å². The first-order valence-corrected chi connectivity index (χ1v) is 4.57. The molecule has 1 aromatic rings. The Balaban J connectivity index is 2.40. The first-order chi connectivity index (χ1) is 6.24. The van der Waals surface area contributed by atoms with Crippen LogP contribution in [0, 0.1) is 0 Å². The molecule has 0 aliphatic carbocycles. The molecule has 1 unspecified atom stereocenters. The fourth-order valence-electron chi connectivity index (χ4n) is 0.862. The number of rotatable bonds is 5. The van der Waals surface area contributed by atoms with Crippen LogP contribution in [-0.2, 0) is 0 Å². The molecule has 0 spiro atoms. The van der Waals surface area contributed by atoms with E-state index in [1.807, 2.05) is 6.92 Å². The van der Waals surface area contributed by atoms with E-state index in [4.69, 9.17) is 10.2 Å². The number of unbranched alkanes of at least 4 members (excludes halogenated alkanes) is 1. The van der Waals surface area contributed by atoms with E-state index >= 15 is 0 Å². The van der Waals surface area contributed by atoms with Crippen molar-refractivity contribution in [3.05, 3.63) is 5.89 Å². The second-order valence-corrected chi connectivity index (χ2v) is 3.01. The number of nitrogens with zero attached hydrogens (tertiary/aromatic N) is 2. The standard InChI is InChI=1S/C8H16N4O/c1-3-4-5-10-8-12-11-7(13-8)6(2)9/h6H,3-5,9H2,1-2H3,(H,10,12). The predicted molar refractivity (Wildman–Crippen MR) is 50.3 cm³/mol. The molecule has 0 aromatic carbocycles. The minimum Gasteiger partial charge on any atom is -0.406 e. The highest BCUT2D eigenvalue weighted by Gasteiger charge is 2.08. The second kappa shape index (κ2) is 4.81. The van der Waals surface area contributed by atoms with Gasteiger partial charge in [-0.25, -0.2) is 0 Å². The summed E-state index contributed by atoms with van der Waals surface area (Å²) in [5.41, 5.74) is 5.56. The van der Waals surface area contributed by atoms with Crippen LogP contribution in [-0.4, -0.2) is 16.7 Å². The van der Waals surface area contributed by atoms with Crippen molar-refractivity contribution in [1.29, 1.82) is 0 Å². The molecule has 5 nitrogen and oxygen atoms in total. The first-order valence-electron chi connectivity index (χ1n) is 4.57. The van der Waals surface area contributed by atoms with E-state index in [1.54, 1.807) is 0 Å². The summed E-state index contributed by atoms with van der Waals surface area (Å²) >= 11 is 0. The minimum absolute atomic E-state index is 0.200. The van der Waals surface area contributed by atoms with E-state index in [0.29, 0.717) is 11.9 Å². The summed E-state index contributed by atoms with van der Waals surface area (Å²) in [6.07, 6.45) is 2.23. The van der Waals surface area contributed by atoms with Gasteiger partial charge in [-0.05, 0) is 13.3 Å². The lowest BCUT2D eigenvalue weighted by Crippen LogP contribution is -2.04. The molecule has 0 saturated heterocycles. The zero-order valence-corrected chi connectivity index (χ0v) is 8.08. The van der Waals surface area contributed by atoms with Gasteiger partial charge in [-0.1, -0.05) is 18.4 Å². The zero-order valence-electron chi connectivity index (χ0n) is 8.08. The largest absolute Gasteiger partial charge is 0.406 e. The molecule has 3 N–H and O–H groups in total. The fraction of sp³-hybridized carbons (Fsp3) is 0.750. The highest BCUT2D eigenvalue weighted by atomic mass is 16.4. The normalized spacial score (nSPS) is 12.8. The van der Waals surface area contributed by atoms with Gasteiger partial charge in [0.1, 0.15) is 0 Å². The molecule has 13 heavy (non-hydrogen) atoms. The Morgan fingerprint density at radius 1 is 1.54 bits per heavy atom. The second-order valence-electron chi connectivity index (χ2n) is 3.01. The summed E-state index contributed by atoms with van der Waals surface area (Å²) in [5.74, 6) is 0.471. The van der Waals surface area contributed by atoms with Crippen molar-refractivity contribution in [3.8, 4) is 0 Å². The van der Waals surface area contributed by atoms with Crippen molar-refractivity contribution in [2.24, 2.45) is 5.73 Å². The van der Waals surface area contributed by atoms with Gasteiger partial charge < -0.3 is 15.5 Å². The molecule has 0 saturated carbocycles. The van der Waals surface area contributed by atoms with E-state index < -0.39 is 0 Å². The van der Waals surface area contributed by atoms with Crippen molar-refractivity contribution in [1.82, 2.24) is 10.2 Å². The van der Waals surface area contributed by atoms with Crippen molar-refractivity contribution in [2.45, 2.75) is 32.7 Å². The van der Waals surface area contributed by atoms with Gasteiger partial charge >= 0.3 is 6.01 Å². The zero-order chi connectivity index (χ0) is 9.68. The van der Waals surface area contributed by atoms with Gasteiger partial charge in [-0.3, -0.25) is 0 Å². The SMILES string of the molecule is CCCCNc1nnc(C(C)N)o1. The van der Waals surface area contributed by atoms with Crippen LogP contribution in [0.4, 0.5) is 6.01 Å². The Hall–Kier alpha value is -1.10. The maximum absolute atomic E-state index is 5.56. The van der Waals surface area contributed by atoms with Crippen molar-refractivity contribution >= 4 is 6.01 Å². The fourth-order valence-corrected chi connectivity index (χ4v) is 0.862. The van der Waals surface area contributed by atoms with E-state index in [0.717, 1.165) is 19.4 Å². The minimum atomic E-state index is -0.200. The third-order valence-electron chi connectivity index (χ3n) is 1.64. The van der Waals surface area contributed by atoms with E-state index in [-0.39, 0.29) is 6.04 Å². The molecular formula is C8H16N4O. The summed E-state index contributed by atoms with van der Waals surface area (Å²) < 4.78 is 5.23. The van der Waals surface area contributed by atoms with Gasteiger partial charge in [0.05, 0.1) is 6.04 Å². The van der Waals surface area contributed by atoms with Crippen LogP contribution >= 0.6 is 0 Å². The molecule has 0 bridgehead atoms. The molecule has 0 radical (unpaired) electrons. The lowest BCUT2D eigenvalue weighted by Gasteiger charge is -1.98. The molecule has 1 aromatic heterocycles. The number of hydrogen-bond acceptors (Lipinski definition) is 5. The quantitative estimate of drug-likeness (QED) is 0.674. The maximum atomic E-state index is 5.56. The van der Waals surface area contributed by atoms with Gasteiger partial charge in [-0.2, -0.15) is 0 Å². The number of nitrogens with one attached hydrogen (secondary N) is 1. The van der Waals surface area contributed by atoms with Crippen molar-refractivity contribution < 1.29 is 4.42 Å². The highest BCUT2D eigenvalue weighted by molar-refractivity contribution is 5.16. The third-order valence-corrected chi connectivity index (χ3v) is 1.64. The predicted octanol–water partition coefficient (Wildman–Crippen LogP) is 1.30. The molecular weight excluding hydrogens is 168 g/mol. The van der Waals surface area contributed by atoms with Crippen molar-refractivity contribution in [2.75, 3.05) is 11.9 Å². The van der Waals surface area contributed by atoms with Crippen LogP contribution in [0.15, 0.2) is 4.42 Å². The van der Waals surface area contributed by atoms with Gasteiger partial charge in [0.25, 0.3) is 0 Å². The lowest BCUT2D eigenvalue weighted by molar-refractivity contribution is 0.472. The number of aromatic nitrogens is 2. The Labute approximate surface area is 77.7 Å². The molecule has 74 valence electrons. The van der Waals surface area contributed by atoms with Crippen LogP contribution < -0.4 is 11.1 Å². The molecule has 0 aliphatic rings. The summed E-state index contributed by atoms with van der Waals surface area (Å²) in [7, 11) is 0. The topological polar surface area (TPSA) is 77.0 Å². The van der Waals surface area contributed by atoms with Gasteiger partial charge in [0.2, 0.25) is 5.89 Å². The number of hydrogen-bond donors (Lipinski definition) is 2. The molecule has 1 atom stereocenters. The summed E-state index contributed by atoms with van der Waals surface area (Å²) in [6.45, 7) is 4.79. The number of nitrogens with two attached hydrogens (primary N) is 1. The van der Waals surface area contributed by atoms with E-state index in [1.165, 1.54) is 0 Å². The highest BCUT2D eigenvalue weighted by Crippen LogP contribution is 2.10. The number of anilines is 1. The van der Waals surface area contributed by atoms with Gasteiger partial charge in [-0.15, -0.1) is 5.10 Å². The third kappa shape index (κ3) is 3.02. The van der Waals surface area contributed by atoms with E-state index in [2.05, 4.69) is 22.4 Å². The van der Waals surface area contributed by atoms with Crippen LogP contribution in [0.5, 0.6) is 0 Å². The van der Waals surface area contributed by atoms with Gasteiger partial charge in [0, 0.05) is 6.54 Å². The summed E-state index contributed by atoms with van der Waals surface area (Å²) in [5, 5.41) is 10.6. The van der Waals surface area contributed by atoms with Crippen molar-refractivity contribution in [3.63, 3.8) is 0 Å². The Kier molecular flexibility index (Phi) is 3.70. The van der Waals surface area contributed by atoms with Crippen LogP contribution in [0.25, 0.3) is 0 Å². The maximum Gasteiger partial charge on any atom is 0.315 e. The van der Waals surface area contributed by atoms with Crippen LogP contribution in [0.1, 0.15) is 38.6 Å². The van der Waals surface area contributed by atoms with Crippen LogP contribution in [0.3, 0.4) is 0 Å². The molecule has 0 fully saturated rings. The van der Waals surface area contributed by atoms with Gasteiger partial charge in [0.15, 0.2) is 0 Å². The molecule has 1 rings (SSSR count). The molecule has 0 aliphatic heterocycles. The molecule has 0 amide bonds. The Bertz CT molecular complexity index is 246. The van der Waals surface area contributed by atoms with Crippen LogP contribution in [0.2, 0.25) is 0 Å². The Morgan fingerprint density at radius 3 is 2.85 bits per heavy atom. The average Bonchev–Trinajstić information content (AvgIpc) is 2.53. The average molecular weight is 184 g/mol. The summed E-state index contributed by atoms with van der Waals surface area (Å²) in [4.78, 5) is 0. The Morgan fingerprint density at radius 2 is 2.31 bits per heavy atom. The molecule has 5 heteroatoms. The smallest absolute Gasteiger partial charge is 0.315 e. The monoisotopic (exact) mass is 184 g/mol. The molecule has 1 heterocycles. The summed E-state index contributed by atoms with van der Waals surface area (Å²) in [6, 6.07) is 0.259.